The number of carbonyl (C=O) groups is 1. The van der Waals surface area contributed by atoms with E-state index < -0.39 is 6.10 Å². The number of phenols is 1. The molecule has 3 aromatic rings. The molecule has 0 radical (unpaired) electrons. The largest absolute Gasteiger partial charge is 0.508 e. The molecule has 1 heterocycles. The summed E-state index contributed by atoms with van der Waals surface area (Å²) in [6, 6.07) is 21.4. The summed E-state index contributed by atoms with van der Waals surface area (Å²) < 4.78 is 0. The Morgan fingerprint density at radius 1 is 1.03 bits per heavy atom. The molecule has 0 fully saturated rings. The molecule has 2 atom stereocenters. The van der Waals surface area contributed by atoms with E-state index in [9.17, 15) is 20.1 Å². The number of aliphatic hydroxyl groups excluding tert-OH is 2. The van der Waals surface area contributed by atoms with Crippen molar-refractivity contribution < 1.29 is 20.1 Å². The molecule has 0 spiro atoms. The van der Waals surface area contributed by atoms with Crippen molar-refractivity contribution in [3.8, 4) is 5.75 Å². The number of nitrogens with zero attached hydrogens (tertiary/aromatic N) is 1. The number of fused-ring (bicyclic) bond motifs is 1. The highest BCUT2D eigenvalue weighted by Crippen LogP contribution is 2.23. The van der Waals surface area contributed by atoms with Crippen LogP contribution >= 0.6 is 0 Å². The molecule has 4 rings (SSSR count). The van der Waals surface area contributed by atoms with E-state index in [4.69, 9.17) is 0 Å². The molecule has 1 aliphatic heterocycles. The first-order valence-electron chi connectivity index (χ1n) is 12.2. The number of aliphatic hydroxyl groups is 2. The maximum atomic E-state index is 12.9. The SMILES string of the molecule is CC(Cc1cccc(CC(=O)N2CCc3ccccc3C2)c1)NC[C@H](O)c1ccc(O)c(CO)c1. The van der Waals surface area contributed by atoms with Gasteiger partial charge in [0.05, 0.1) is 19.1 Å². The number of hydrogen-bond acceptors (Lipinski definition) is 5. The summed E-state index contributed by atoms with van der Waals surface area (Å²) in [5, 5.41) is 32.9. The average Bonchev–Trinajstić information content (AvgIpc) is 2.87. The molecule has 1 unspecified atom stereocenters. The fourth-order valence-electron chi connectivity index (χ4n) is 4.66. The van der Waals surface area contributed by atoms with Gasteiger partial charge in [-0.1, -0.05) is 54.6 Å². The van der Waals surface area contributed by atoms with Gasteiger partial charge in [-0.3, -0.25) is 4.79 Å². The van der Waals surface area contributed by atoms with Crippen LogP contribution < -0.4 is 5.32 Å². The van der Waals surface area contributed by atoms with Crippen LogP contribution in [0.5, 0.6) is 5.75 Å². The Morgan fingerprint density at radius 3 is 2.60 bits per heavy atom. The van der Waals surface area contributed by atoms with Crippen molar-refractivity contribution in [3.63, 3.8) is 0 Å². The molecule has 184 valence electrons. The number of aromatic hydroxyl groups is 1. The van der Waals surface area contributed by atoms with E-state index in [0.29, 0.717) is 30.6 Å². The van der Waals surface area contributed by atoms with Crippen LogP contribution in [0.2, 0.25) is 0 Å². The maximum Gasteiger partial charge on any atom is 0.227 e. The molecule has 0 saturated carbocycles. The Kier molecular flexibility index (Phi) is 8.18. The Bertz CT molecular complexity index is 1160. The van der Waals surface area contributed by atoms with Crippen molar-refractivity contribution in [2.45, 2.75) is 51.5 Å². The molecule has 1 amide bonds. The number of hydrogen-bond donors (Lipinski definition) is 4. The molecule has 4 N–H and O–H groups in total. The van der Waals surface area contributed by atoms with Crippen LogP contribution in [0.3, 0.4) is 0 Å². The van der Waals surface area contributed by atoms with Crippen molar-refractivity contribution in [3.05, 3.63) is 100 Å². The molecule has 0 saturated heterocycles. The van der Waals surface area contributed by atoms with Gasteiger partial charge in [0.1, 0.15) is 5.75 Å². The highest BCUT2D eigenvalue weighted by atomic mass is 16.3. The zero-order valence-electron chi connectivity index (χ0n) is 20.2. The summed E-state index contributed by atoms with van der Waals surface area (Å²) in [5.74, 6) is 0.176. The van der Waals surface area contributed by atoms with Crippen molar-refractivity contribution >= 4 is 5.91 Å². The summed E-state index contributed by atoms with van der Waals surface area (Å²) in [5.41, 5.74) is 5.77. The summed E-state index contributed by atoms with van der Waals surface area (Å²) in [7, 11) is 0. The van der Waals surface area contributed by atoms with Crippen molar-refractivity contribution in [1.29, 1.82) is 0 Å². The third kappa shape index (κ3) is 6.48. The van der Waals surface area contributed by atoms with Gasteiger partial charge in [0.2, 0.25) is 5.91 Å². The average molecular weight is 475 g/mol. The summed E-state index contributed by atoms with van der Waals surface area (Å²) in [4.78, 5) is 14.9. The summed E-state index contributed by atoms with van der Waals surface area (Å²) in [6.07, 6.45) is 1.32. The number of amides is 1. The molecule has 1 aliphatic rings. The molecule has 6 nitrogen and oxygen atoms in total. The van der Waals surface area contributed by atoms with E-state index in [-0.39, 0.29) is 24.3 Å². The fraction of sp³-hybridized carbons (Fsp3) is 0.345. The minimum atomic E-state index is -0.748. The Balaban J connectivity index is 1.29. The van der Waals surface area contributed by atoms with Gasteiger partial charge in [0.25, 0.3) is 0 Å². The van der Waals surface area contributed by atoms with Gasteiger partial charge in [-0.05, 0) is 59.7 Å². The topological polar surface area (TPSA) is 93.0 Å². The van der Waals surface area contributed by atoms with E-state index in [1.807, 2.05) is 23.1 Å². The Hall–Kier alpha value is -3.19. The van der Waals surface area contributed by atoms with Crippen LogP contribution in [0.4, 0.5) is 0 Å². The van der Waals surface area contributed by atoms with E-state index in [1.165, 1.54) is 17.2 Å². The maximum absolute atomic E-state index is 12.9. The zero-order valence-corrected chi connectivity index (χ0v) is 20.2. The van der Waals surface area contributed by atoms with Gasteiger partial charge in [0.15, 0.2) is 0 Å². The van der Waals surface area contributed by atoms with Gasteiger partial charge in [0, 0.05) is 31.2 Å². The molecule has 0 bridgehead atoms. The third-order valence-corrected chi connectivity index (χ3v) is 6.69. The molecule has 0 aromatic heterocycles. The number of rotatable bonds is 9. The van der Waals surface area contributed by atoms with E-state index >= 15 is 0 Å². The predicted octanol–water partition coefficient (Wildman–Crippen LogP) is 3.27. The van der Waals surface area contributed by atoms with Crippen LogP contribution in [0, 0.1) is 0 Å². The molecule has 6 heteroatoms. The number of benzene rings is 3. The molecular weight excluding hydrogens is 440 g/mol. The normalized spacial score (nSPS) is 14.9. The Morgan fingerprint density at radius 2 is 1.80 bits per heavy atom. The lowest BCUT2D eigenvalue weighted by Crippen LogP contribution is -2.36. The van der Waals surface area contributed by atoms with Gasteiger partial charge < -0.3 is 25.5 Å². The van der Waals surface area contributed by atoms with E-state index in [0.717, 1.165) is 30.5 Å². The second-order valence-electron chi connectivity index (χ2n) is 9.41. The van der Waals surface area contributed by atoms with Gasteiger partial charge in [-0.2, -0.15) is 0 Å². The minimum absolute atomic E-state index is 0.0215. The van der Waals surface area contributed by atoms with Crippen LogP contribution in [-0.2, 0) is 37.2 Å². The summed E-state index contributed by atoms with van der Waals surface area (Å²) >= 11 is 0. The zero-order chi connectivity index (χ0) is 24.8. The van der Waals surface area contributed by atoms with Gasteiger partial charge in [-0.15, -0.1) is 0 Å². The fourth-order valence-corrected chi connectivity index (χ4v) is 4.66. The highest BCUT2D eigenvalue weighted by Gasteiger charge is 2.20. The Labute approximate surface area is 206 Å². The smallest absolute Gasteiger partial charge is 0.227 e. The molecular formula is C29H34N2O4. The first-order valence-corrected chi connectivity index (χ1v) is 12.2. The highest BCUT2D eigenvalue weighted by molar-refractivity contribution is 5.79. The molecule has 35 heavy (non-hydrogen) atoms. The third-order valence-electron chi connectivity index (χ3n) is 6.69. The van der Waals surface area contributed by atoms with Crippen molar-refractivity contribution in [2.24, 2.45) is 0 Å². The van der Waals surface area contributed by atoms with Gasteiger partial charge >= 0.3 is 0 Å². The van der Waals surface area contributed by atoms with Crippen LogP contribution in [0.25, 0.3) is 0 Å². The predicted molar refractivity (Wildman–Crippen MR) is 136 cm³/mol. The lowest BCUT2D eigenvalue weighted by molar-refractivity contribution is -0.131. The summed E-state index contributed by atoms with van der Waals surface area (Å²) in [6.45, 7) is 3.58. The monoisotopic (exact) mass is 474 g/mol. The minimum Gasteiger partial charge on any atom is -0.508 e. The van der Waals surface area contributed by atoms with E-state index in [2.05, 4.69) is 42.6 Å². The lowest BCUT2D eigenvalue weighted by atomic mass is 9.98. The number of nitrogens with one attached hydrogen (secondary N) is 1. The van der Waals surface area contributed by atoms with Crippen LogP contribution in [0.15, 0.2) is 66.7 Å². The van der Waals surface area contributed by atoms with Gasteiger partial charge in [-0.25, -0.2) is 0 Å². The quantitative estimate of drug-likeness (QED) is 0.382. The second kappa shape index (κ2) is 11.5. The van der Waals surface area contributed by atoms with Crippen LogP contribution in [-0.4, -0.2) is 45.3 Å². The van der Waals surface area contributed by atoms with Crippen molar-refractivity contribution in [2.75, 3.05) is 13.1 Å². The number of carbonyl (C=O) groups excluding carboxylic acids is 1. The van der Waals surface area contributed by atoms with Crippen molar-refractivity contribution in [1.82, 2.24) is 10.2 Å². The van der Waals surface area contributed by atoms with E-state index in [1.54, 1.807) is 12.1 Å². The van der Waals surface area contributed by atoms with Crippen LogP contribution in [0.1, 0.15) is 46.4 Å². The standard InChI is InChI=1S/C29H34N2O4/c1-20(30-17-28(34)24-9-10-27(33)26(16-24)19-32)13-21-5-4-6-22(14-21)15-29(35)31-12-11-23-7-2-3-8-25(23)18-31/h2-10,14,16,20,28,30,32-34H,11-13,15,17-19H2,1H3/t20?,28-/m0/s1. The second-order valence-corrected chi connectivity index (χ2v) is 9.41. The first-order chi connectivity index (χ1) is 16.9. The first kappa shape index (κ1) is 24.9. The lowest BCUT2D eigenvalue weighted by Gasteiger charge is -2.29. The molecule has 3 aromatic carbocycles. The molecule has 0 aliphatic carbocycles.